The third-order valence-corrected chi connectivity index (χ3v) is 3.22. The van der Waals surface area contributed by atoms with Crippen LogP contribution in [0.2, 0.25) is 0 Å². The third kappa shape index (κ3) is 1.40. The molecule has 2 aromatic rings. The Morgan fingerprint density at radius 2 is 2.19 bits per heavy atom. The maximum Gasteiger partial charge on any atom is 0.0742 e. The number of hydrogen-bond donors (Lipinski definition) is 2. The first-order chi connectivity index (χ1) is 7.79. The van der Waals surface area contributed by atoms with Gasteiger partial charge in [0, 0.05) is 12.4 Å². The molecular weight excluding hydrogens is 198 g/mol. The fourth-order valence-electron chi connectivity index (χ4n) is 2.18. The monoisotopic (exact) mass is 213 g/mol. The van der Waals surface area contributed by atoms with Gasteiger partial charge in [-0.1, -0.05) is 6.07 Å². The van der Waals surface area contributed by atoms with Gasteiger partial charge in [0.15, 0.2) is 0 Å². The maximum absolute atomic E-state index is 5.91. The van der Waals surface area contributed by atoms with Gasteiger partial charge >= 0.3 is 0 Å². The van der Waals surface area contributed by atoms with E-state index in [0.717, 1.165) is 22.5 Å². The van der Waals surface area contributed by atoms with Gasteiger partial charge in [0.2, 0.25) is 0 Å². The lowest BCUT2D eigenvalue weighted by atomic mass is 10.1. The number of nitrogens with two attached hydrogens (primary N) is 1. The molecule has 3 nitrogen and oxygen atoms in total. The Morgan fingerprint density at radius 3 is 2.88 bits per heavy atom. The molecule has 0 amide bonds. The van der Waals surface area contributed by atoms with Crippen LogP contribution in [0, 0.1) is 0 Å². The second-order valence-corrected chi connectivity index (χ2v) is 4.39. The number of nitrogens with zero attached hydrogens (tertiary/aromatic N) is 1. The van der Waals surface area contributed by atoms with Gasteiger partial charge in [-0.15, -0.1) is 0 Å². The lowest BCUT2D eigenvalue weighted by Gasteiger charge is -2.09. The van der Waals surface area contributed by atoms with Gasteiger partial charge in [-0.2, -0.15) is 0 Å². The quantitative estimate of drug-likeness (QED) is 0.806. The van der Waals surface area contributed by atoms with Crippen LogP contribution < -0.4 is 11.1 Å². The van der Waals surface area contributed by atoms with Crippen molar-refractivity contribution in [3.63, 3.8) is 0 Å². The summed E-state index contributed by atoms with van der Waals surface area (Å²) >= 11 is 0. The molecule has 16 heavy (non-hydrogen) atoms. The van der Waals surface area contributed by atoms with Crippen LogP contribution in [0.15, 0.2) is 24.4 Å². The van der Waals surface area contributed by atoms with Crippen LogP contribution in [0.4, 0.5) is 11.4 Å². The zero-order chi connectivity index (χ0) is 11.1. The predicted octanol–water partition coefficient (Wildman–Crippen LogP) is 2.74. The number of benzene rings is 1. The number of nitrogen functional groups attached to an aromatic ring is 1. The van der Waals surface area contributed by atoms with E-state index >= 15 is 0 Å². The lowest BCUT2D eigenvalue weighted by molar-refractivity contribution is 1.13. The Morgan fingerprint density at radius 1 is 1.38 bits per heavy atom. The lowest BCUT2D eigenvalue weighted by Crippen LogP contribution is -1.98. The zero-order valence-corrected chi connectivity index (χ0v) is 9.33. The smallest absolute Gasteiger partial charge is 0.0742 e. The molecular formula is C13H15N3. The van der Waals surface area contributed by atoms with Gasteiger partial charge < -0.3 is 11.1 Å². The normalized spacial score (nSPS) is 15.3. The molecule has 3 heteroatoms. The molecule has 0 atom stereocenters. The fraction of sp³-hybridized carbons (Fsp3) is 0.308. The van der Waals surface area contributed by atoms with Gasteiger partial charge in [-0.05, 0) is 36.5 Å². The first kappa shape index (κ1) is 9.46. The minimum atomic E-state index is 0.711. The van der Waals surface area contributed by atoms with Crippen molar-refractivity contribution in [1.29, 1.82) is 0 Å². The summed E-state index contributed by atoms with van der Waals surface area (Å²) in [5, 5.41) is 4.29. The molecule has 0 bridgehead atoms. The third-order valence-electron chi connectivity index (χ3n) is 3.22. The molecule has 1 aliphatic rings. The summed E-state index contributed by atoms with van der Waals surface area (Å²) in [6, 6.07) is 6.49. The highest BCUT2D eigenvalue weighted by Crippen LogP contribution is 2.41. The number of nitrogens with one attached hydrogen (secondary N) is 1. The van der Waals surface area contributed by atoms with E-state index < -0.39 is 0 Å². The summed E-state index contributed by atoms with van der Waals surface area (Å²) in [5.41, 5.74) is 10.0. The Hall–Kier alpha value is -1.77. The average molecular weight is 213 g/mol. The van der Waals surface area contributed by atoms with Crippen LogP contribution in [-0.4, -0.2) is 12.0 Å². The van der Waals surface area contributed by atoms with Crippen LogP contribution >= 0.6 is 0 Å². The van der Waals surface area contributed by atoms with Crippen LogP contribution in [0.5, 0.6) is 0 Å². The van der Waals surface area contributed by atoms with Gasteiger partial charge in [0.25, 0.3) is 0 Å². The first-order valence-corrected chi connectivity index (χ1v) is 5.65. The predicted molar refractivity (Wildman–Crippen MR) is 67.7 cm³/mol. The van der Waals surface area contributed by atoms with Gasteiger partial charge in [-0.3, -0.25) is 4.98 Å². The molecule has 1 heterocycles. The molecule has 0 saturated heterocycles. The molecule has 0 unspecified atom stereocenters. The molecule has 82 valence electrons. The molecule has 3 N–H and O–H groups in total. The van der Waals surface area contributed by atoms with Gasteiger partial charge in [0.05, 0.1) is 23.1 Å². The molecule has 1 aliphatic carbocycles. The summed E-state index contributed by atoms with van der Waals surface area (Å²) in [5.74, 6) is 0.760. The van der Waals surface area contributed by atoms with E-state index in [1.807, 2.05) is 7.05 Å². The van der Waals surface area contributed by atoms with Crippen molar-refractivity contribution >= 4 is 22.3 Å². The van der Waals surface area contributed by atoms with Crippen LogP contribution in [0.1, 0.15) is 24.3 Å². The van der Waals surface area contributed by atoms with Gasteiger partial charge in [-0.25, -0.2) is 0 Å². The Labute approximate surface area is 94.7 Å². The largest absolute Gasteiger partial charge is 0.396 e. The molecule has 1 saturated carbocycles. The molecule has 0 aliphatic heterocycles. The van der Waals surface area contributed by atoms with E-state index in [4.69, 9.17) is 5.73 Å². The number of pyridine rings is 1. The number of rotatable bonds is 2. The summed E-state index contributed by atoms with van der Waals surface area (Å²) in [7, 11) is 1.90. The van der Waals surface area contributed by atoms with E-state index in [2.05, 4.69) is 28.5 Å². The van der Waals surface area contributed by atoms with Crippen LogP contribution in [0.25, 0.3) is 10.9 Å². The average Bonchev–Trinajstić information content (AvgIpc) is 3.12. The van der Waals surface area contributed by atoms with Gasteiger partial charge in [0.1, 0.15) is 0 Å². The number of fused-ring (bicyclic) bond motifs is 1. The Kier molecular flexibility index (Phi) is 1.99. The van der Waals surface area contributed by atoms with E-state index in [0.29, 0.717) is 5.69 Å². The van der Waals surface area contributed by atoms with E-state index in [1.54, 1.807) is 6.20 Å². The number of hydrogen-bond acceptors (Lipinski definition) is 3. The van der Waals surface area contributed by atoms with E-state index in [1.165, 1.54) is 18.4 Å². The number of aromatic nitrogens is 1. The SMILES string of the molecule is CNc1c(N)cnc2ccc(C3CC3)cc12. The highest BCUT2D eigenvalue weighted by Gasteiger charge is 2.23. The maximum atomic E-state index is 5.91. The van der Waals surface area contributed by atoms with Crippen LogP contribution in [-0.2, 0) is 0 Å². The van der Waals surface area contributed by atoms with Crippen molar-refractivity contribution in [2.24, 2.45) is 0 Å². The highest BCUT2D eigenvalue weighted by atomic mass is 14.9. The standard InChI is InChI=1S/C13H15N3/c1-15-13-10-6-9(8-2-3-8)4-5-12(10)16-7-11(13)14/h4-8H,2-3,14H2,1H3,(H,15,16). The molecule has 3 rings (SSSR count). The second-order valence-electron chi connectivity index (χ2n) is 4.39. The van der Waals surface area contributed by atoms with Crippen molar-refractivity contribution in [2.75, 3.05) is 18.1 Å². The summed E-state index contributed by atoms with van der Waals surface area (Å²) < 4.78 is 0. The van der Waals surface area contributed by atoms with Crippen molar-refractivity contribution < 1.29 is 0 Å². The van der Waals surface area contributed by atoms with Crippen molar-refractivity contribution in [3.05, 3.63) is 30.0 Å². The van der Waals surface area contributed by atoms with E-state index in [-0.39, 0.29) is 0 Å². The molecule has 1 fully saturated rings. The van der Waals surface area contributed by atoms with Crippen molar-refractivity contribution in [1.82, 2.24) is 4.98 Å². The van der Waals surface area contributed by atoms with Crippen molar-refractivity contribution in [2.45, 2.75) is 18.8 Å². The first-order valence-electron chi connectivity index (χ1n) is 5.65. The topological polar surface area (TPSA) is 50.9 Å². The molecule has 1 aromatic carbocycles. The molecule has 1 aromatic heterocycles. The highest BCUT2D eigenvalue weighted by molar-refractivity contribution is 5.97. The Balaban J connectivity index is 2.25. The number of anilines is 2. The fourth-order valence-corrected chi connectivity index (χ4v) is 2.18. The zero-order valence-electron chi connectivity index (χ0n) is 9.33. The second kappa shape index (κ2) is 3.37. The minimum absolute atomic E-state index is 0.711. The van der Waals surface area contributed by atoms with Crippen LogP contribution in [0.3, 0.4) is 0 Å². The summed E-state index contributed by atoms with van der Waals surface area (Å²) in [4.78, 5) is 4.35. The van der Waals surface area contributed by atoms with E-state index in [9.17, 15) is 0 Å². The summed E-state index contributed by atoms with van der Waals surface area (Å²) in [6.45, 7) is 0. The van der Waals surface area contributed by atoms with Crippen molar-refractivity contribution in [3.8, 4) is 0 Å². The molecule has 0 radical (unpaired) electrons. The minimum Gasteiger partial charge on any atom is -0.396 e. The Bertz CT molecular complexity index is 544. The molecule has 0 spiro atoms. The summed E-state index contributed by atoms with van der Waals surface area (Å²) in [6.07, 6.45) is 4.34.